The van der Waals surface area contributed by atoms with Crippen molar-refractivity contribution in [3.8, 4) is 5.75 Å². The minimum absolute atomic E-state index is 0.0968. The molecule has 0 N–H and O–H groups in total. The van der Waals surface area contributed by atoms with Gasteiger partial charge >= 0.3 is 0 Å². The van der Waals surface area contributed by atoms with Crippen molar-refractivity contribution in [3.63, 3.8) is 0 Å². The van der Waals surface area contributed by atoms with Crippen LogP contribution in [0.25, 0.3) is 0 Å². The number of Topliss-reactive ketones (excluding diaryl/α,β-unsaturated/α-hetero) is 1. The Balaban J connectivity index is 1.40. The number of carbonyl (C=O) groups is 3. The fraction of sp³-hybridized carbons (Fsp3) is 0.200. The smallest absolute Gasteiger partial charge is 0.261 e. The van der Waals surface area contributed by atoms with Crippen molar-refractivity contribution in [1.82, 2.24) is 25.1 Å². The quantitative estimate of drug-likeness (QED) is 0.443. The van der Waals surface area contributed by atoms with E-state index in [1.165, 1.54) is 16.8 Å². The maximum atomic E-state index is 12.5. The summed E-state index contributed by atoms with van der Waals surface area (Å²) >= 11 is 0. The summed E-state index contributed by atoms with van der Waals surface area (Å²) < 4.78 is 5.20. The molecule has 2 heterocycles. The lowest BCUT2D eigenvalue weighted by Gasteiger charge is -2.11. The molecule has 1 aliphatic rings. The Morgan fingerprint density at radius 2 is 1.66 bits per heavy atom. The molecule has 0 atom stereocenters. The highest BCUT2D eigenvalue weighted by Gasteiger charge is 2.34. The lowest BCUT2D eigenvalue weighted by Crippen LogP contribution is -2.32. The summed E-state index contributed by atoms with van der Waals surface area (Å²) in [7, 11) is 1.50. The van der Waals surface area contributed by atoms with Crippen molar-refractivity contribution in [2.24, 2.45) is 0 Å². The van der Waals surface area contributed by atoms with Crippen LogP contribution in [0.1, 0.15) is 36.9 Å². The predicted octanol–water partition coefficient (Wildman–Crippen LogP) is 1.40. The first kappa shape index (κ1) is 18.5. The van der Waals surface area contributed by atoms with Crippen LogP contribution in [0.4, 0.5) is 0 Å². The van der Waals surface area contributed by atoms with E-state index in [1.54, 1.807) is 48.5 Å². The molecule has 29 heavy (non-hydrogen) atoms. The number of rotatable bonds is 7. The second-order valence-corrected chi connectivity index (χ2v) is 6.42. The van der Waals surface area contributed by atoms with Gasteiger partial charge in [0.25, 0.3) is 11.8 Å². The van der Waals surface area contributed by atoms with Crippen LogP contribution < -0.4 is 4.74 Å². The zero-order chi connectivity index (χ0) is 20.4. The highest BCUT2D eigenvalue weighted by Crippen LogP contribution is 2.22. The number of benzene rings is 2. The van der Waals surface area contributed by atoms with E-state index in [0.29, 0.717) is 28.3 Å². The van der Waals surface area contributed by atoms with Gasteiger partial charge in [-0.1, -0.05) is 24.3 Å². The Morgan fingerprint density at radius 1 is 1.00 bits per heavy atom. The van der Waals surface area contributed by atoms with Gasteiger partial charge in [-0.05, 0) is 29.5 Å². The Morgan fingerprint density at radius 3 is 2.34 bits per heavy atom. The molecular weight excluding hydrogens is 374 g/mol. The van der Waals surface area contributed by atoms with Gasteiger partial charge in [-0.25, -0.2) is 0 Å². The van der Waals surface area contributed by atoms with Crippen molar-refractivity contribution in [1.29, 1.82) is 0 Å². The number of para-hydroxylation sites is 1. The molecule has 4 rings (SSSR count). The maximum Gasteiger partial charge on any atom is 0.261 e. The lowest BCUT2D eigenvalue weighted by atomic mass is 10.1. The van der Waals surface area contributed by atoms with Crippen molar-refractivity contribution in [3.05, 3.63) is 71.0 Å². The molecule has 9 nitrogen and oxygen atoms in total. The topological polar surface area (TPSA) is 107 Å². The van der Waals surface area contributed by atoms with Crippen LogP contribution in [-0.2, 0) is 13.0 Å². The first-order valence-corrected chi connectivity index (χ1v) is 8.96. The predicted molar refractivity (Wildman–Crippen MR) is 101 cm³/mol. The van der Waals surface area contributed by atoms with E-state index < -0.39 is 0 Å². The van der Waals surface area contributed by atoms with E-state index in [1.807, 2.05) is 0 Å². The number of tetrazole rings is 1. The Kier molecular flexibility index (Phi) is 4.86. The van der Waals surface area contributed by atoms with Crippen LogP contribution in [0.3, 0.4) is 0 Å². The number of methoxy groups -OCH3 is 1. The summed E-state index contributed by atoms with van der Waals surface area (Å²) in [6, 6.07) is 13.6. The van der Waals surface area contributed by atoms with Crippen LogP contribution in [0.15, 0.2) is 48.5 Å². The van der Waals surface area contributed by atoms with Crippen LogP contribution in [0.5, 0.6) is 5.75 Å². The van der Waals surface area contributed by atoms with Gasteiger partial charge in [0.1, 0.15) is 12.3 Å². The third-order valence-corrected chi connectivity index (χ3v) is 4.62. The number of nitrogens with zero attached hydrogens (tertiary/aromatic N) is 5. The third-order valence-electron chi connectivity index (χ3n) is 4.62. The van der Waals surface area contributed by atoms with Crippen molar-refractivity contribution >= 4 is 17.6 Å². The van der Waals surface area contributed by atoms with E-state index in [9.17, 15) is 14.4 Å². The van der Waals surface area contributed by atoms with Crippen LogP contribution in [0, 0.1) is 0 Å². The normalized spacial score (nSPS) is 12.9. The van der Waals surface area contributed by atoms with Gasteiger partial charge in [0.2, 0.25) is 0 Å². The van der Waals surface area contributed by atoms with Gasteiger partial charge in [-0.3, -0.25) is 19.3 Å². The fourth-order valence-corrected chi connectivity index (χ4v) is 3.19. The molecule has 0 radical (unpaired) electrons. The number of hydrogen-bond acceptors (Lipinski definition) is 7. The number of ketones is 1. The molecule has 2 amide bonds. The van der Waals surface area contributed by atoms with Gasteiger partial charge in [0.15, 0.2) is 11.6 Å². The number of carbonyl (C=O) groups excluding carboxylic acids is 3. The zero-order valence-electron chi connectivity index (χ0n) is 15.6. The summed E-state index contributed by atoms with van der Waals surface area (Å²) in [5, 5.41) is 12.0. The average molecular weight is 391 g/mol. The maximum absolute atomic E-state index is 12.5. The van der Waals surface area contributed by atoms with Crippen LogP contribution >= 0.6 is 0 Å². The van der Waals surface area contributed by atoms with Gasteiger partial charge in [-0.2, -0.15) is 4.80 Å². The molecule has 1 aromatic heterocycles. The molecular formula is C20H17N5O4. The number of imide groups is 1. The van der Waals surface area contributed by atoms with Gasteiger partial charge < -0.3 is 4.74 Å². The Labute approximate surface area is 165 Å². The highest BCUT2D eigenvalue weighted by molar-refractivity contribution is 6.21. The average Bonchev–Trinajstić information content (AvgIpc) is 3.29. The SMILES string of the molecule is COc1ccccc1C(=O)Cn1nnc(CCN2C(=O)c3ccccc3C2=O)n1. The first-order chi connectivity index (χ1) is 14.1. The van der Waals surface area contributed by atoms with E-state index in [0.717, 1.165) is 0 Å². The summed E-state index contributed by atoms with van der Waals surface area (Å²) in [5.41, 5.74) is 1.23. The van der Waals surface area contributed by atoms with E-state index >= 15 is 0 Å². The van der Waals surface area contributed by atoms with Crippen molar-refractivity contribution in [2.45, 2.75) is 13.0 Å². The number of aromatic nitrogens is 4. The van der Waals surface area contributed by atoms with Crippen LogP contribution in [-0.4, -0.2) is 56.4 Å². The highest BCUT2D eigenvalue weighted by atomic mass is 16.5. The number of hydrogen-bond donors (Lipinski definition) is 0. The molecule has 0 unspecified atom stereocenters. The fourth-order valence-electron chi connectivity index (χ4n) is 3.19. The molecule has 146 valence electrons. The molecule has 0 saturated heterocycles. The van der Waals surface area contributed by atoms with Gasteiger partial charge in [0.05, 0.1) is 23.8 Å². The molecule has 0 fully saturated rings. The van der Waals surface area contributed by atoms with Crippen LogP contribution in [0.2, 0.25) is 0 Å². The third kappa shape index (κ3) is 3.49. The largest absolute Gasteiger partial charge is 0.496 e. The first-order valence-electron chi connectivity index (χ1n) is 8.96. The molecule has 0 aliphatic carbocycles. The van der Waals surface area contributed by atoms with E-state index in [-0.39, 0.29) is 37.1 Å². The van der Waals surface area contributed by atoms with Crippen molar-refractivity contribution < 1.29 is 19.1 Å². The molecule has 9 heteroatoms. The molecule has 0 spiro atoms. The van der Waals surface area contributed by atoms with E-state index in [2.05, 4.69) is 15.4 Å². The standard InChI is InChI=1S/C20H17N5O4/c1-29-17-9-5-4-8-15(17)16(26)12-25-22-18(21-23-25)10-11-24-19(27)13-6-2-3-7-14(13)20(24)28/h2-9H,10-12H2,1H3. The van der Waals surface area contributed by atoms with Gasteiger partial charge in [0, 0.05) is 13.0 Å². The minimum atomic E-state index is -0.329. The molecule has 0 saturated carbocycles. The summed E-state index contributed by atoms with van der Waals surface area (Å²) in [4.78, 5) is 39.6. The second-order valence-electron chi connectivity index (χ2n) is 6.42. The number of amides is 2. The second kappa shape index (κ2) is 7.63. The minimum Gasteiger partial charge on any atom is -0.496 e. The summed E-state index contributed by atoms with van der Waals surface area (Å²) in [6.07, 6.45) is 0.244. The lowest BCUT2D eigenvalue weighted by molar-refractivity contribution is 0.0655. The molecule has 3 aromatic rings. The Hall–Kier alpha value is -3.88. The van der Waals surface area contributed by atoms with E-state index in [4.69, 9.17) is 4.74 Å². The molecule has 1 aliphatic heterocycles. The monoisotopic (exact) mass is 391 g/mol. The molecule has 2 aromatic carbocycles. The zero-order valence-corrected chi connectivity index (χ0v) is 15.6. The summed E-state index contributed by atoms with van der Waals surface area (Å²) in [5.74, 6) is -0.0571. The van der Waals surface area contributed by atoms with Crippen molar-refractivity contribution in [2.75, 3.05) is 13.7 Å². The number of fused-ring (bicyclic) bond motifs is 1. The molecule has 0 bridgehead atoms. The Bertz CT molecular complexity index is 1070. The van der Waals surface area contributed by atoms with Gasteiger partial charge in [-0.15, -0.1) is 10.2 Å². The summed E-state index contributed by atoms with van der Waals surface area (Å²) in [6.45, 7) is 0.0406. The number of ether oxygens (including phenoxy) is 1.